The van der Waals surface area contributed by atoms with Gasteiger partial charge in [-0.15, -0.1) is 0 Å². The van der Waals surface area contributed by atoms with E-state index in [4.69, 9.17) is 4.42 Å². The maximum absolute atomic E-state index is 10.7. The number of aromatic nitrogens is 1. The van der Waals surface area contributed by atoms with Gasteiger partial charge in [0.15, 0.2) is 5.58 Å². The van der Waals surface area contributed by atoms with Crippen LogP contribution in [0.1, 0.15) is 32.6 Å². The molecule has 1 aliphatic rings. The van der Waals surface area contributed by atoms with E-state index in [0.29, 0.717) is 17.1 Å². The lowest BCUT2D eigenvalue weighted by Crippen LogP contribution is -2.30. The highest BCUT2D eigenvalue weighted by Gasteiger charge is 2.29. The van der Waals surface area contributed by atoms with Crippen LogP contribution in [-0.4, -0.2) is 15.4 Å². The number of oxazole rings is 1. The Bertz CT molecular complexity index is 629. The van der Waals surface area contributed by atoms with E-state index in [1.54, 1.807) is 6.07 Å². The van der Waals surface area contributed by atoms with Gasteiger partial charge in [0.2, 0.25) is 0 Å². The normalized spacial score (nSPS) is 17.7. The molecule has 0 spiro atoms. The highest BCUT2D eigenvalue weighted by Crippen LogP contribution is 2.33. The summed E-state index contributed by atoms with van der Waals surface area (Å²) in [5.74, 6) is 0. The van der Waals surface area contributed by atoms with E-state index in [1.165, 1.54) is 25.0 Å². The zero-order chi connectivity index (χ0) is 13.5. The molecule has 0 atom stereocenters. The van der Waals surface area contributed by atoms with Crippen molar-refractivity contribution in [1.82, 2.24) is 4.98 Å². The number of fused-ring (bicyclic) bond motifs is 1. The smallest absolute Gasteiger partial charge is 0.296 e. The molecule has 0 bridgehead atoms. The highest BCUT2D eigenvalue weighted by atomic mass is 16.6. The Morgan fingerprint density at radius 1 is 1.42 bits per heavy atom. The number of non-ortho nitro benzene ring substituents is 1. The van der Waals surface area contributed by atoms with E-state index in [1.807, 2.05) is 0 Å². The molecule has 6 nitrogen and oxygen atoms in total. The minimum atomic E-state index is -0.431. The van der Waals surface area contributed by atoms with Crippen LogP contribution in [0.15, 0.2) is 22.6 Å². The van der Waals surface area contributed by atoms with E-state index in [9.17, 15) is 10.1 Å². The topological polar surface area (TPSA) is 81.2 Å². The minimum Gasteiger partial charge on any atom is -0.424 e. The van der Waals surface area contributed by atoms with E-state index >= 15 is 0 Å². The van der Waals surface area contributed by atoms with Crippen molar-refractivity contribution in [2.75, 3.05) is 5.32 Å². The Hall–Kier alpha value is -2.11. The molecule has 0 saturated heterocycles. The second kappa shape index (κ2) is 4.22. The van der Waals surface area contributed by atoms with Gasteiger partial charge in [0, 0.05) is 17.7 Å². The maximum Gasteiger partial charge on any atom is 0.296 e. The number of nitrogens with one attached hydrogen (secondary N) is 1. The third-order valence-electron chi connectivity index (χ3n) is 3.70. The predicted molar refractivity (Wildman–Crippen MR) is 71.2 cm³/mol. The fourth-order valence-electron chi connectivity index (χ4n) is 2.62. The van der Waals surface area contributed by atoms with Crippen molar-refractivity contribution in [2.45, 2.75) is 38.1 Å². The maximum atomic E-state index is 10.7. The number of nitro benzene ring substituents is 1. The molecule has 1 saturated carbocycles. The van der Waals surface area contributed by atoms with Crippen molar-refractivity contribution in [2.24, 2.45) is 0 Å². The minimum absolute atomic E-state index is 0.0206. The first kappa shape index (κ1) is 12.0. The Morgan fingerprint density at radius 3 is 2.84 bits per heavy atom. The van der Waals surface area contributed by atoms with Crippen LogP contribution in [0.25, 0.3) is 11.1 Å². The predicted octanol–water partition coefficient (Wildman–Crippen LogP) is 3.48. The molecule has 2 aromatic rings. The molecule has 3 rings (SSSR count). The van der Waals surface area contributed by atoms with Crippen LogP contribution in [0.2, 0.25) is 0 Å². The van der Waals surface area contributed by atoms with Crippen LogP contribution in [0.4, 0.5) is 11.7 Å². The summed E-state index contributed by atoms with van der Waals surface area (Å²) in [6.45, 7) is 2.15. The van der Waals surface area contributed by atoms with Crippen LogP contribution in [-0.2, 0) is 0 Å². The van der Waals surface area contributed by atoms with Crippen molar-refractivity contribution < 1.29 is 9.34 Å². The third-order valence-corrected chi connectivity index (χ3v) is 3.70. The lowest BCUT2D eigenvalue weighted by Gasteiger charge is -2.23. The van der Waals surface area contributed by atoms with Crippen LogP contribution in [0, 0.1) is 10.1 Å². The highest BCUT2D eigenvalue weighted by molar-refractivity contribution is 5.77. The summed E-state index contributed by atoms with van der Waals surface area (Å²) < 4.78 is 5.59. The summed E-state index contributed by atoms with van der Waals surface area (Å²) in [4.78, 5) is 14.6. The summed E-state index contributed by atoms with van der Waals surface area (Å²) in [5.41, 5.74) is 1.12. The number of hydrogen-bond donors (Lipinski definition) is 1. The summed E-state index contributed by atoms with van der Waals surface area (Å²) in [7, 11) is 0. The standard InChI is InChI=1S/C13H15N3O3/c1-13(6-2-3-7-13)15-12-14-10-8-9(16(17)18)4-5-11(10)19-12/h4-5,8H,2-3,6-7H2,1H3,(H,14,15). The van der Waals surface area contributed by atoms with Gasteiger partial charge >= 0.3 is 0 Å². The number of rotatable bonds is 3. The summed E-state index contributed by atoms with van der Waals surface area (Å²) in [6, 6.07) is 4.89. The van der Waals surface area contributed by atoms with Gasteiger partial charge < -0.3 is 9.73 Å². The van der Waals surface area contributed by atoms with Gasteiger partial charge in [0.05, 0.1) is 4.92 Å². The van der Waals surface area contributed by atoms with E-state index in [2.05, 4.69) is 17.2 Å². The van der Waals surface area contributed by atoms with Crippen molar-refractivity contribution in [3.63, 3.8) is 0 Å². The first-order valence-corrected chi connectivity index (χ1v) is 6.39. The molecule has 0 radical (unpaired) electrons. The summed E-state index contributed by atoms with van der Waals surface area (Å²) >= 11 is 0. The zero-order valence-corrected chi connectivity index (χ0v) is 10.7. The van der Waals surface area contributed by atoms with E-state index in [0.717, 1.165) is 12.8 Å². The molecule has 100 valence electrons. The number of nitrogens with zero attached hydrogens (tertiary/aromatic N) is 2. The Balaban J connectivity index is 1.91. The summed E-state index contributed by atoms with van der Waals surface area (Å²) in [5, 5.41) is 14.0. The lowest BCUT2D eigenvalue weighted by atomic mass is 10.0. The number of nitro groups is 1. The second-order valence-corrected chi connectivity index (χ2v) is 5.32. The third kappa shape index (κ3) is 2.25. The average Bonchev–Trinajstić information content (AvgIpc) is 2.94. The van der Waals surface area contributed by atoms with Gasteiger partial charge in [-0.1, -0.05) is 12.8 Å². The van der Waals surface area contributed by atoms with Crippen molar-refractivity contribution in [1.29, 1.82) is 0 Å². The Kier molecular flexibility index (Phi) is 2.66. The van der Waals surface area contributed by atoms with Crippen LogP contribution in [0.5, 0.6) is 0 Å². The molecule has 0 aliphatic heterocycles. The van der Waals surface area contributed by atoms with Gasteiger partial charge in [-0.25, -0.2) is 0 Å². The SMILES string of the molecule is CC1(Nc2nc3cc([N+](=O)[O-])ccc3o2)CCCC1. The molecule has 0 amide bonds. The lowest BCUT2D eigenvalue weighted by molar-refractivity contribution is -0.384. The second-order valence-electron chi connectivity index (χ2n) is 5.32. The molecule has 1 heterocycles. The van der Waals surface area contributed by atoms with Crippen molar-refractivity contribution in [3.8, 4) is 0 Å². The van der Waals surface area contributed by atoms with E-state index < -0.39 is 4.92 Å². The fraction of sp³-hybridized carbons (Fsp3) is 0.462. The number of benzene rings is 1. The molecular weight excluding hydrogens is 246 g/mol. The number of anilines is 1. The summed E-state index contributed by atoms with van der Waals surface area (Å²) in [6.07, 6.45) is 4.59. The van der Waals surface area contributed by atoms with Gasteiger partial charge in [0.25, 0.3) is 11.7 Å². The quantitative estimate of drug-likeness (QED) is 0.675. The van der Waals surface area contributed by atoms with E-state index in [-0.39, 0.29) is 11.2 Å². The molecular formula is C13H15N3O3. The fourth-order valence-corrected chi connectivity index (χ4v) is 2.62. The van der Waals surface area contributed by atoms with Crippen LogP contribution < -0.4 is 5.32 Å². The molecule has 1 N–H and O–H groups in total. The van der Waals surface area contributed by atoms with Gasteiger partial charge in [-0.05, 0) is 25.8 Å². The molecule has 1 aromatic carbocycles. The van der Waals surface area contributed by atoms with Crippen LogP contribution >= 0.6 is 0 Å². The van der Waals surface area contributed by atoms with Gasteiger partial charge in [-0.3, -0.25) is 10.1 Å². The molecule has 6 heteroatoms. The first-order valence-electron chi connectivity index (χ1n) is 6.39. The molecule has 1 fully saturated rings. The van der Waals surface area contributed by atoms with Crippen LogP contribution in [0.3, 0.4) is 0 Å². The first-order chi connectivity index (χ1) is 9.06. The zero-order valence-electron chi connectivity index (χ0n) is 10.7. The Labute approximate surface area is 110 Å². The molecule has 0 unspecified atom stereocenters. The van der Waals surface area contributed by atoms with Crippen molar-refractivity contribution in [3.05, 3.63) is 28.3 Å². The van der Waals surface area contributed by atoms with Crippen molar-refractivity contribution >= 4 is 22.8 Å². The largest absolute Gasteiger partial charge is 0.424 e. The Morgan fingerprint density at radius 2 is 2.16 bits per heavy atom. The number of hydrogen-bond acceptors (Lipinski definition) is 5. The molecule has 1 aliphatic carbocycles. The van der Waals surface area contributed by atoms with Gasteiger partial charge in [-0.2, -0.15) is 4.98 Å². The molecule has 1 aromatic heterocycles. The monoisotopic (exact) mass is 261 g/mol. The average molecular weight is 261 g/mol. The molecule has 19 heavy (non-hydrogen) atoms. The van der Waals surface area contributed by atoms with Gasteiger partial charge in [0.1, 0.15) is 5.52 Å².